The minimum atomic E-state index is -0.0199. The summed E-state index contributed by atoms with van der Waals surface area (Å²) >= 11 is 0. The van der Waals surface area contributed by atoms with Crippen molar-refractivity contribution in [2.24, 2.45) is 0 Å². The highest BCUT2D eigenvalue weighted by Crippen LogP contribution is 2.40. The van der Waals surface area contributed by atoms with Crippen LogP contribution in [-0.4, -0.2) is 60.1 Å². The highest BCUT2D eigenvalue weighted by Gasteiger charge is 2.25. The second-order valence-electron chi connectivity index (χ2n) is 9.43. The standard InChI is InChI=1S/C29H32N4O5/c1-17-11-22(30-28-24(36-5)8-7-23(35-4)27(17)28)20-13-21-15-32(9-10-38-29(21)25(14-20)37-6)26(34)16-33-19(3)12-18(2)31-33/h7-8,11-14H,9-10,15-16H2,1-6H3. The molecule has 0 spiro atoms. The fourth-order valence-corrected chi connectivity index (χ4v) is 5.02. The Morgan fingerprint density at radius 2 is 1.71 bits per heavy atom. The Bertz CT molecular complexity index is 1530. The van der Waals surface area contributed by atoms with Gasteiger partial charge in [-0.05, 0) is 62.7 Å². The maximum Gasteiger partial charge on any atom is 0.244 e. The van der Waals surface area contributed by atoms with Gasteiger partial charge in [0.15, 0.2) is 11.5 Å². The van der Waals surface area contributed by atoms with Crippen molar-refractivity contribution in [3.63, 3.8) is 0 Å². The van der Waals surface area contributed by atoms with Gasteiger partial charge in [0.25, 0.3) is 0 Å². The van der Waals surface area contributed by atoms with Crippen LogP contribution in [-0.2, 0) is 17.9 Å². The highest BCUT2D eigenvalue weighted by molar-refractivity contribution is 5.94. The molecule has 2 aromatic heterocycles. The number of aromatic nitrogens is 3. The number of carbonyl (C=O) groups is 1. The first-order valence-corrected chi connectivity index (χ1v) is 12.5. The summed E-state index contributed by atoms with van der Waals surface area (Å²) < 4.78 is 24.7. The lowest BCUT2D eigenvalue weighted by molar-refractivity contribution is -0.132. The van der Waals surface area contributed by atoms with E-state index in [0.717, 1.165) is 44.9 Å². The Kier molecular flexibility index (Phi) is 6.84. The summed E-state index contributed by atoms with van der Waals surface area (Å²) in [6, 6.07) is 11.7. The monoisotopic (exact) mass is 516 g/mol. The topological polar surface area (TPSA) is 87.9 Å². The Morgan fingerprint density at radius 3 is 2.39 bits per heavy atom. The Labute approximate surface area is 221 Å². The lowest BCUT2D eigenvalue weighted by atomic mass is 10.0. The van der Waals surface area contributed by atoms with Crippen LogP contribution in [0.5, 0.6) is 23.0 Å². The van der Waals surface area contributed by atoms with Gasteiger partial charge in [0, 0.05) is 28.8 Å². The van der Waals surface area contributed by atoms with Gasteiger partial charge in [0.1, 0.15) is 30.2 Å². The van der Waals surface area contributed by atoms with Crippen molar-refractivity contribution >= 4 is 16.8 Å². The van der Waals surface area contributed by atoms with E-state index in [2.05, 4.69) is 5.10 Å². The third-order valence-corrected chi connectivity index (χ3v) is 6.88. The highest BCUT2D eigenvalue weighted by atomic mass is 16.5. The van der Waals surface area contributed by atoms with Crippen molar-refractivity contribution in [1.82, 2.24) is 19.7 Å². The molecule has 9 heteroatoms. The van der Waals surface area contributed by atoms with Crippen molar-refractivity contribution in [2.75, 3.05) is 34.5 Å². The van der Waals surface area contributed by atoms with Crippen molar-refractivity contribution in [2.45, 2.75) is 33.9 Å². The summed E-state index contributed by atoms with van der Waals surface area (Å²) in [6.45, 7) is 7.31. The summed E-state index contributed by atoms with van der Waals surface area (Å²) in [6.07, 6.45) is 0. The molecule has 38 heavy (non-hydrogen) atoms. The molecule has 1 aliphatic heterocycles. The molecule has 0 unspecified atom stereocenters. The number of hydrogen-bond donors (Lipinski definition) is 0. The molecule has 0 saturated heterocycles. The molecule has 1 amide bonds. The van der Waals surface area contributed by atoms with Gasteiger partial charge in [-0.25, -0.2) is 4.98 Å². The van der Waals surface area contributed by atoms with Gasteiger partial charge < -0.3 is 23.8 Å². The molecule has 1 aliphatic rings. The van der Waals surface area contributed by atoms with Crippen LogP contribution in [0.3, 0.4) is 0 Å². The summed E-state index contributed by atoms with van der Waals surface area (Å²) in [7, 11) is 4.89. The normalized spacial score (nSPS) is 13.1. The van der Waals surface area contributed by atoms with E-state index in [0.29, 0.717) is 42.5 Å². The predicted octanol–water partition coefficient (Wildman–Crippen LogP) is 4.47. The van der Waals surface area contributed by atoms with Crippen LogP contribution in [0.15, 0.2) is 36.4 Å². The van der Waals surface area contributed by atoms with Gasteiger partial charge in [0.2, 0.25) is 5.91 Å². The third-order valence-electron chi connectivity index (χ3n) is 6.88. The summed E-state index contributed by atoms with van der Waals surface area (Å²) in [5.74, 6) is 2.63. The molecule has 0 saturated carbocycles. The van der Waals surface area contributed by atoms with Crippen LogP contribution in [0.2, 0.25) is 0 Å². The lowest BCUT2D eigenvalue weighted by Gasteiger charge is -2.21. The van der Waals surface area contributed by atoms with Crippen LogP contribution < -0.4 is 18.9 Å². The van der Waals surface area contributed by atoms with Crippen LogP contribution in [0.25, 0.3) is 22.2 Å². The van der Waals surface area contributed by atoms with Gasteiger partial charge in [-0.15, -0.1) is 0 Å². The number of amides is 1. The number of nitrogens with zero attached hydrogens (tertiary/aromatic N) is 4. The number of carbonyl (C=O) groups excluding carboxylic acids is 1. The van der Waals surface area contributed by atoms with Gasteiger partial charge in [-0.3, -0.25) is 9.48 Å². The first-order valence-electron chi connectivity index (χ1n) is 12.5. The third kappa shape index (κ3) is 4.60. The average Bonchev–Trinajstić information content (AvgIpc) is 3.09. The minimum Gasteiger partial charge on any atom is -0.496 e. The van der Waals surface area contributed by atoms with Gasteiger partial charge in [-0.2, -0.15) is 5.10 Å². The number of fused-ring (bicyclic) bond motifs is 2. The molecule has 4 aromatic rings. The van der Waals surface area contributed by atoms with Gasteiger partial charge in [0.05, 0.1) is 39.3 Å². The summed E-state index contributed by atoms with van der Waals surface area (Å²) in [5.41, 5.74) is 6.04. The fraction of sp³-hybridized carbons (Fsp3) is 0.345. The fourth-order valence-electron chi connectivity index (χ4n) is 5.02. The van der Waals surface area contributed by atoms with E-state index < -0.39 is 0 Å². The number of rotatable bonds is 6. The van der Waals surface area contributed by atoms with Gasteiger partial charge >= 0.3 is 0 Å². The Hall–Kier alpha value is -4.27. The predicted molar refractivity (Wildman–Crippen MR) is 144 cm³/mol. The molecule has 0 N–H and O–H groups in total. The van der Waals surface area contributed by atoms with Crippen LogP contribution in [0.1, 0.15) is 22.5 Å². The molecule has 0 aliphatic carbocycles. The first kappa shape index (κ1) is 25.4. The maximum atomic E-state index is 13.3. The largest absolute Gasteiger partial charge is 0.496 e. The number of benzene rings is 2. The number of methoxy groups -OCH3 is 3. The van der Waals surface area contributed by atoms with E-state index in [9.17, 15) is 4.79 Å². The van der Waals surface area contributed by atoms with E-state index in [4.69, 9.17) is 23.9 Å². The lowest BCUT2D eigenvalue weighted by Crippen LogP contribution is -2.35. The molecular formula is C29H32N4O5. The van der Waals surface area contributed by atoms with E-state index in [-0.39, 0.29) is 12.5 Å². The van der Waals surface area contributed by atoms with E-state index in [1.807, 2.05) is 57.2 Å². The number of hydrogen-bond acceptors (Lipinski definition) is 7. The maximum absolute atomic E-state index is 13.3. The second-order valence-corrected chi connectivity index (χ2v) is 9.43. The molecule has 0 bridgehead atoms. The Morgan fingerprint density at radius 1 is 0.974 bits per heavy atom. The molecule has 0 atom stereocenters. The first-order chi connectivity index (χ1) is 18.3. The molecule has 0 radical (unpaired) electrons. The summed E-state index contributed by atoms with van der Waals surface area (Å²) in [4.78, 5) is 20.0. The quantitative estimate of drug-likeness (QED) is 0.374. The zero-order valence-corrected chi connectivity index (χ0v) is 22.6. The molecule has 198 valence electrons. The number of aryl methyl sites for hydroxylation is 3. The summed E-state index contributed by atoms with van der Waals surface area (Å²) in [5, 5.41) is 5.35. The van der Waals surface area contributed by atoms with Gasteiger partial charge in [-0.1, -0.05) is 0 Å². The van der Waals surface area contributed by atoms with Crippen LogP contribution >= 0.6 is 0 Å². The number of pyridine rings is 1. The van der Waals surface area contributed by atoms with E-state index in [1.165, 1.54) is 0 Å². The molecule has 2 aromatic carbocycles. The van der Waals surface area contributed by atoms with Crippen molar-refractivity contribution in [1.29, 1.82) is 0 Å². The second kappa shape index (κ2) is 10.2. The molecule has 0 fully saturated rings. The van der Waals surface area contributed by atoms with Crippen LogP contribution in [0, 0.1) is 20.8 Å². The average molecular weight is 517 g/mol. The zero-order valence-electron chi connectivity index (χ0n) is 22.6. The number of ether oxygens (including phenoxy) is 4. The Balaban J connectivity index is 1.55. The van der Waals surface area contributed by atoms with E-state index in [1.54, 1.807) is 30.9 Å². The molecular weight excluding hydrogens is 484 g/mol. The molecule has 3 heterocycles. The SMILES string of the molecule is COc1cc(-c2cc(C)c3c(OC)ccc(OC)c3n2)cc2c1OCCN(C(=O)Cn1nc(C)cc1C)C2. The smallest absolute Gasteiger partial charge is 0.244 e. The molecule has 5 rings (SSSR count). The minimum absolute atomic E-state index is 0.0199. The van der Waals surface area contributed by atoms with Crippen LogP contribution in [0.4, 0.5) is 0 Å². The van der Waals surface area contributed by atoms with Crippen molar-refractivity contribution in [3.05, 3.63) is 58.9 Å². The van der Waals surface area contributed by atoms with Crippen molar-refractivity contribution < 1.29 is 23.7 Å². The van der Waals surface area contributed by atoms with Crippen molar-refractivity contribution in [3.8, 4) is 34.3 Å². The zero-order chi connectivity index (χ0) is 27.0. The van der Waals surface area contributed by atoms with E-state index >= 15 is 0 Å². The molecule has 9 nitrogen and oxygen atoms in total.